The molecule has 0 spiro atoms. The van der Waals surface area contributed by atoms with Gasteiger partial charge in [0.1, 0.15) is 0 Å². The van der Waals surface area contributed by atoms with E-state index in [1.165, 1.54) is 15.9 Å². The molecule has 6 nitrogen and oxygen atoms in total. The molecule has 1 aliphatic heterocycles. The van der Waals surface area contributed by atoms with Crippen molar-refractivity contribution >= 4 is 17.5 Å². The van der Waals surface area contributed by atoms with Crippen LogP contribution in [0.4, 0.5) is 11.4 Å². The molecule has 0 bridgehead atoms. The van der Waals surface area contributed by atoms with Crippen LogP contribution in [0.25, 0.3) is 6.08 Å². The maximum absolute atomic E-state index is 12.4. The summed E-state index contributed by atoms with van der Waals surface area (Å²) in [6, 6.07) is 8.49. The second-order valence-electron chi connectivity index (χ2n) is 6.98. The third-order valence-electron chi connectivity index (χ3n) is 5.00. The van der Waals surface area contributed by atoms with Crippen LogP contribution in [0.2, 0.25) is 0 Å². The predicted octanol–water partition coefficient (Wildman–Crippen LogP) is 2.57. The van der Waals surface area contributed by atoms with Gasteiger partial charge in [0.15, 0.2) is 0 Å². The molecule has 2 aromatic rings. The quantitative estimate of drug-likeness (QED) is 0.850. The zero-order valence-corrected chi connectivity index (χ0v) is 16.5. The van der Waals surface area contributed by atoms with Crippen molar-refractivity contribution in [3.8, 4) is 0 Å². The van der Waals surface area contributed by atoms with Gasteiger partial charge in [0.05, 0.1) is 17.4 Å². The first-order valence-electron chi connectivity index (χ1n) is 9.58. The van der Waals surface area contributed by atoms with Gasteiger partial charge in [0.25, 0.3) is 5.56 Å². The first-order valence-corrected chi connectivity index (χ1v) is 9.58. The second kappa shape index (κ2) is 8.86. The number of aryl methyl sites for hydroxylation is 1. The van der Waals surface area contributed by atoms with Crippen LogP contribution >= 0.6 is 0 Å². The highest BCUT2D eigenvalue weighted by Crippen LogP contribution is 2.23. The summed E-state index contributed by atoms with van der Waals surface area (Å²) in [5.41, 5.74) is 3.84. The van der Waals surface area contributed by atoms with Crippen LogP contribution in [0.15, 0.2) is 41.3 Å². The second-order valence-corrected chi connectivity index (χ2v) is 6.98. The van der Waals surface area contributed by atoms with Crippen LogP contribution in [0.3, 0.4) is 0 Å². The summed E-state index contributed by atoms with van der Waals surface area (Å²) < 4.78 is 1.37. The SMILES string of the molecule is CC/C=C/c1c(NCc2ccccc2N2CCN(C)CC2)cnn(C)c1=O. The van der Waals surface area contributed by atoms with Crippen molar-refractivity contribution in [2.75, 3.05) is 43.4 Å². The standard InChI is InChI=1S/C21H29N5O/c1-4-5-9-18-19(16-23-25(3)21(18)27)22-15-17-8-6-7-10-20(17)26-13-11-24(2)12-14-26/h5-10,16,22H,4,11-15H2,1-3H3/b9-5+. The van der Waals surface area contributed by atoms with Crippen LogP contribution in [0.5, 0.6) is 0 Å². The molecular formula is C21H29N5O. The van der Waals surface area contributed by atoms with E-state index in [1.807, 2.05) is 12.2 Å². The number of aromatic nitrogens is 2. The minimum absolute atomic E-state index is 0.0861. The van der Waals surface area contributed by atoms with Gasteiger partial charge >= 0.3 is 0 Å². The third kappa shape index (κ3) is 4.57. The molecule has 0 saturated carbocycles. The van der Waals surface area contributed by atoms with Crippen LogP contribution in [0.1, 0.15) is 24.5 Å². The van der Waals surface area contributed by atoms with Gasteiger partial charge in [0.2, 0.25) is 0 Å². The summed E-state index contributed by atoms with van der Waals surface area (Å²) in [4.78, 5) is 17.2. The molecule has 1 aromatic heterocycles. The minimum atomic E-state index is -0.0861. The van der Waals surface area contributed by atoms with E-state index in [4.69, 9.17) is 0 Å². The van der Waals surface area contributed by atoms with Crippen molar-refractivity contribution in [1.82, 2.24) is 14.7 Å². The van der Waals surface area contributed by atoms with Gasteiger partial charge in [-0.25, -0.2) is 4.68 Å². The molecule has 1 saturated heterocycles. The fourth-order valence-electron chi connectivity index (χ4n) is 3.30. The molecule has 6 heteroatoms. The van der Waals surface area contributed by atoms with E-state index in [2.05, 4.69) is 58.5 Å². The van der Waals surface area contributed by atoms with Crippen molar-refractivity contribution in [3.63, 3.8) is 0 Å². The topological polar surface area (TPSA) is 53.4 Å². The number of nitrogens with one attached hydrogen (secondary N) is 1. The number of hydrogen-bond acceptors (Lipinski definition) is 5. The number of rotatable bonds is 6. The number of likely N-dealkylation sites (N-methyl/N-ethyl adjacent to an activating group) is 1. The monoisotopic (exact) mass is 367 g/mol. The Morgan fingerprint density at radius 3 is 2.63 bits per heavy atom. The Bertz CT molecular complexity index is 850. The Hall–Kier alpha value is -2.60. The van der Waals surface area contributed by atoms with Gasteiger partial charge in [-0.1, -0.05) is 37.3 Å². The van der Waals surface area contributed by atoms with Crippen molar-refractivity contribution in [2.24, 2.45) is 7.05 Å². The van der Waals surface area contributed by atoms with Gasteiger partial charge in [-0.2, -0.15) is 5.10 Å². The first kappa shape index (κ1) is 19.2. The normalized spacial score (nSPS) is 15.4. The maximum Gasteiger partial charge on any atom is 0.275 e. The summed E-state index contributed by atoms with van der Waals surface area (Å²) in [5, 5.41) is 7.60. The fraction of sp³-hybridized carbons (Fsp3) is 0.429. The van der Waals surface area contributed by atoms with E-state index in [0.29, 0.717) is 12.1 Å². The van der Waals surface area contributed by atoms with Crippen molar-refractivity contribution in [1.29, 1.82) is 0 Å². The average molecular weight is 367 g/mol. The molecule has 1 fully saturated rings. The summed E-state index contributed by atoms with van der Waals surface area (Å²) in [6.07, 6.45) is 6.51. The number of para-hydroxylation sites is 1. The Morgan fingerprint density at radius 2 is 1.89 bits per heavy atom. The van der Waals surface area contributed by atoms with Crippen molar-refractivity contribution < 1.29 is 0 Å². The molecular weight excluding hydrogens is 338 g/mol. The summed E-state index contributed by atoms with van der Waals surface area (Å²) in [6.45, 7) is 6.93. The lowest BCUT2D eigenvalue weighted by molar-refractivity contribution is 0.312. The Kier molecular flexibility index (Phi) is 6.29. The highest BCUT2D eigenvalue weighted by Gasteiger charge is 2.17. The largest absolute Gasteiger partial charge is 0.379 e. The highest BCUT2D eigenvalue weighted by molar-refractivity contribution is 5.65. The average Bonchev–Trinajstić information content (AvgIpc) is 2.69. The molecule has 1 aliphatic rings. The Labute approximate surface area is 161 Å². The van der Waals surface area contributed by atoms with Crippen LogP contribution in [-0.4, -0.2) is 47.9 Å². The lowest BCUT2D eigenvalue weighted by Gasteiger charge is -2.35. The molecule has 2 heterocycles. The molecule has 0 aliphatic carbocycles. The molecule has 1 aromatic carbocycles. The molecule has 27 heavy (non-hydrogen) atoms. The van der Waals surface area contributed by atoms with Crippen LogP contribution in [-0.2, 0) is 13.6 Å². The van der Waals surface area contributed by atoms with Gasteiger partial charge in [-0.05, 0) is 25.1 Å². The Balaban J connectivity index is 1.81. The van der Waals surface area contributed by atoms with E-state index >= 15 is 0 Å². The summed E-state index contributed by atoms with van der Waals surface area (Å²) in [7, 11) is 3.84. The molecule has 0 atom stereocenters. The first-order chi connectivity index (χ1) is 13.1. The number of benzene rings is 1. The van der Waals surface area contributed by atoms with Crippen molar-refractivity contribution in [3.05, 3.63) is 58.0 Å². The lowest BCUT2D eigenvalue weighted by atomic mass is 10.1. The van der Waals surface area contributed by atoms with E-state index in [-0.39, 0.29) is 5.56 Å². The van der Waals surface area contributed by atoms with E-state index < -0.39 is 0 Å². The summed E-state index contributed by atoms with van der Waals surface area (Å²) in [5.74, 6) is 0. The molecule has 0 amide bonds. The summed E-state index contributed by atoms with van der Waals surface area (Å²) >= 11 is 0. The predicted molar refractivity (Wildman–Crippen MR) is 112 cm³/mol. The molecule has 3 rings (SSSR count). The lowest BCUT2D eigenvalue weighted by Crippen LogP contribution is -2.44. The van der Waals surface area contributed by atoms with Crippen LogP contribution in [0, 0.1) is 0 Å². The smallest absolute Gasteiger partial charge is 0.275 e. The number of piperazine rings is 1. The van der Waals surface area contributed by atoms with Gasteiger partial charge in [-0.3, -0.25) is 4.79 Å². The van der Waals surface area contributed by atoms with Crippen LogP contribution < -0.4 is 15.8 Å². The van der Waals surface area contributed by atoms with Gasteiger partial charge in [-0.15, -0.1) is 0 Å². The zero-order valence-electron chi connectivity index (χ0n) is 16.5. The number of anilines is 2. The third-order valence-corrected chi connectivity index (χ3v) is 5.00. The maximum atomic E-state index is 12.4. The minimum Gasteiger partial charge on any atom is -0.379 e. The Morgan fingerprint density at radius 1 is 1.15 bits per heavy atom. The van der Waals surface area contributed by atoms with Gasteiger partial charge in [0, 0.05) is 45.5 Å². The molecule has 0 unspecified atom stereocenters. The van der Waals surface area contributed by atoms with E-state index in [0.717, 1.165) is 38.3 Å². The zero-order chi connectivity index (χ0) is 19.2. The fourth-order valence-corrected chi connectivity index (χ4v) is 3.30. The number of allylic oxidation sites excluding steroid dienone is 1. The number of hydrogen-bond donors (Lipinski definition) is 1. The van der Waals surface area contributed by atoms with E-state index in [9.17, 15) is 4.79 Å². The number of nitrogens with zero attached hydrogens (tertiary/aromatic N) is 4. The molecule has 0 radical (unpaired) electrons. The van der Waals surface area contributed by atoms with Gasteiger partial charge < -0.3 is 15.1 Å². The van der Waals surface area contributed by atoms with Crippen molar-refractivity contribution in [2.45, 2.75) is 19.9 Å². The molecule has 144 valence electrons. The molecule has 1 N–H and O–H groups in total. The highest BCUT2D eigenvalue weighted by atomic mass is 16.1. The van der Waals surface area contributed by atoms with E-state index in [1.54, 1.807) is 13.2 Å².